The van der Waals surface area contributed by atoms with Crippen molar-refractivity contribution in [3.05, 3.63) is 47.7 Å². The second-order valence-electron chi connectivity index (χ2n) is 5.28. The second kappa shape index (κ2) is 6.01. The van der Waals surface area contributed by atoms with Crippen molar-refractivity contribution in [2.24, 2.45) is 0 Å². The Balaban J connectivity index is 1.75. The molecule has 1 aliphatic heterocycles. The van der Waals surface area contributed by atoms with Gasteiger partial charge in [0, 0.05) is 6.20 Å². The fraction of sp³-hybridized carbons (Fsp3) is 0.312. The molecule has 1 N–H and O–H groups in total. The van der Waals surface area contributed by atoms with Crippen LogP contribution in [0.3, 0.4) is 0 Å². The Kier molecular flexibility index (Phi) is 3.91. The molecule has 1 fully saturated rings. The highest BCUT2D eigenvalue weighted by atomic mass is 16.6. The molecule has 2 aromatic rings. The third-order valence-corrected chi connectivity index (χ3v) is 3.60. The number of amides is 1. The van der Waals surface area contributed by atoms with Crippen LogP contribution in [-0.4, -0.2) is 29.2 Å². The van der Waals surface area contributed by atoms with E-state index < -0.39 is 0 Å². The average molecular weight is 298 g/mol. The average Bonchev–Trinajstić information content (AvgIpc) is 2.94. The lowest BCUT2D eigenvalue weighted by atomic mass is 10.1. The number of hydrogen-bond donors (Lipinski definition) is 1. The lowest BCUT2D eigenvalue weighted by molar-refractivity contribution is 0.181. The van der Waals surface area contributed by atoms with E-state index in [1.165, 1.54) is 10.5 Å². The molecule has 1 saturated heterocycles. The third kappa shape index (κ3) is 3.00. The Morgan fingerprint density at radius 2 is 2.05 bits per heavy atom. The van der Waals surface area contributed by atoms with E-state index in [4.69, 9.17) is 4.74 Å². The molecule has 114 valence electrons. The van der Waals surface area contributed by atoms with E-state index in [2.05, 4.69) is 46.5 Å². The first-order chi connectivity index (χ1) is 10.6. The maximum atomic E-state index is 11.6. The van der Waals surface area contributed by atoms with Gasteiger partial charge >= 0.3 is 6.09 Å². The van der Waals surface area contributed by atoms with Gasteiger partial charge in [-0.25, -0.2) is 9.78 Å². The molecule has 1 amide bonds. The Morgan fingerprint density at radius 1 is 1.27 bits per heavy atom. The van der Waals surface area contributed by atoms with Crippen LogP contribution >= 0.6 is 0 Å². The van der Waals surface area contributed by atoms with Crippen molar-refractivity contribution >= 4 is 17.9 Å². The van der Waals surface area contributed by atoms with Crippen molar-refractivity contribution in [3.63, 3.8) is 0 Å². The summed E-state index contributed by atoms with van der Waals surface area (Å²) in [7, 11) is 0. The Bertz CT molecular complexity index is 672. The van der Waals surface area contributed by atoms with Gasteiger partial charge in [0.1, 0.15) is 12.4 Å². The second-order valence-corrected chi connectivity index (χ2v) is 5.28. The number of benzene rings is 1. The van der Waals surface area contributed by atoms with Gasteiger partial charge in [-0.3, -0.25) is 4.90 Å². The lowest BCUT2D eigenvalue weighted by Crippen LogP contribution is -2.25. The van der Waals surface area contributed by atoms with Crippen molar-refractivity contribution in [3.8, 4) is 0 Å². The summed E-state index contributed by atoms with van der Waals surface area (Å²) < 4.78 is 4.93. The van der Waals surface area contributed by atoms with Crippen LogP contribution < -0.4 is 10.2 Å². The SMILES string of the molecule is Cc1ccc(C(C)Nc2nccc(N3CCOC3=O)n2)cc1. The van der Waals surface area contributed by atoms with E-state index in [9.17, 15) is 4.79 Å². The van der Waals surface area contributed by atoms with Crippen molar-refractivity contribution in [1.29, 1.82) is 0 Å². The van der Waals surface area contributed by atoms with Crippen molar-refractivity contribution < 1.29 is 9.53 Å². The molecule has 0 spiro atoms. The number of hydrogen-bond acceptors (Lipinski definition) is 5. The van der Waals surface area contributed by atoms with Crippen LogP contribution in [0.1, 0.15) is 24.1 Å². The van der Waals surface area contributed by atoms with E-state index in [0.717, 1.165) is 5.56 Å². The highest BCUT2D eigenvalue weighted by molar-refractivity contribution is 5.88. The lowest BCUT2D eigenvalue weighted by Gasteiger charge is -2.16. The number of carbonyl (C=O) groups is 1. The Labute approximate surface area is 129 Å². The summed E-state index contributed by atoms with van der Waals surface area (Å²) in [5, 5.41) is 3.26. The van der Waals surface area contributed by atoms with Crippen molar-refractivity contribution in [2.75, 3.05) is 23.4 Å². The fourth-order valence-electron chi connectivity index (χ4n) is 2.30. The summed E-state index contributed by atoms with van der Waals surface area (Å²) in [4.78, 5) is 21.7. The molecule has 0 saturated carbocycles. The summed E-state index contributed by atoms with van der Waals surface area (Å²) in [6, 6.07) is 10.1. The molecule has 6 nitrogen and oxygen atoms in total. The summed E-state index contributed by atoms with van der Waals surface area (Å²) in [5.41, 5.74) is 2.38. The molecule has 22 heavy (non-hydrogen) atoms. The van der Waals surface area contributed by atoms with Gasteiger partial charge in [0.2, 0.25) is 5.95 Å². The van der Waals surface area contributed by atoms with Crippen molar-refractivity contribution in [1.82, 2.24) is 9.97 Å². The summed E-state index contributed by atoms with van der Waals surface area (Å²) >= 11 is 0. The summed E-state index contributed by atoms with van der Waals surface area (Å²) in [5.74, 6) is 1.04. The molecule has 0 aliphatic carbocycles. The van der Waals surface area contributed by atoms with E-state index in [-0.39, 0.29) is 12.1 Å². The number of aryl methyl sites for hydroxylation is 1. The van der Waals surface area contributed by atoms with Crippen LogP contribution in [0.2, 0.25) is 0 Å². The van der Waals surface area contributed by atoms with Gasteiger partial charge in [-0.15, -0.1) is 0 Å². The highest BCUT2D eigenvalue weighted by Crippen LogP contribution is 2.20. The topological polar surface area (TPSA) is 67.3 Å². The number of rotatable bonds is 4. The van der Waals surface area contributed by atoms with Crippen LogP contribution in [0.5, 0.6) is 0 Å². The van der Waals surface area contributed by atoms with Crippen LogP contribution in [0.15, 0.2) is 36.5 Å². The molecule has 1 atom stereocenters. The zero-order valence-electron chi connectivity index (χ0n) is 12.6. The van der Waals surface area contributed by atoms with Gasteiger partial charge in [-0.05, 0) is 25.5 Å². The monoisotopic (exact) mass is 298 g/mol. The zero-order valence-corrected chi connectivity index (χ0v) is 12.6. The number of carbonyl (C=O) groups excluding carboxylic acids is 1. The molecular weight excluding hydrogens is 280 g/mol. The number of cyclic esters (lactones) is 1. The first-order valence-corrected chi connectivity index (χ1v) is 7.24. The van der Waals surface area contributed by atoms with Gasteiger partial charge in [-0.2, -0.15) is 4.98 Å². The number of aromatic nitrogens is 2. The molecule has 0 bridgehead atoms. The minimum atomic E-state index is -0.365. The van der Waals surface area contributed by atoms with E-state index in [1.807, 2.05) is 6.92 Å². The molecule has 2 heterocycles. The normalized spacial score (nSPS) is 15.5. The van der Waals surface area contributed by atoms with Crippen LogP contribution in [0.4, 0.5) is 16.6 Å². The molecule has 1 aromatic carbocycles. The smallest absolute Gasteiger partial charge is 0.415 e. The van der Waals surface area contributed by atoms with Crippen LogP contribution in [0, 0.1) is 6.92 Å². The minimum absolute atomic E-state index is 0.0707. The maximum Gasteiger partial charge on any atom is 0.415 e. The summed E-state index contributed by atoms with van der Waals surface area (Å²) in [6.45, 7) is 5.02. The predicted octanol–water partition coefficient (Wildman–Crippen LogP) is 2.91. The molecule has 6 heteroatoms. The number of anilines is 2. The van der Waals surface area contributed by atoms with E-state index in [0.29, 0.717) is 24.9 Å². The molecule has 3 rings (SSSR count). The van der Waals surface area contributed by atoms with Gasteiger partial charge in [-0.1, -0.05) is 29.8 Å². The molecule has 1 unspecified atom stereocenters. The fourth-order valence-corrected chi connectivity index (χ4v) is 2.30. The number of ether oxygens (including phenoxy) is 1. The van der Waals surface area contributed by atoms with Gasteiger partial charge in [0.15, 0.2) is 0 Å². The number of nitrogens with zero attached hydrogens (tertiary/aromatic N) is 3. The third-order valence-electron chi connectivity index (χ3n) is 3.60. The van der Waals surface area contributed by atoms with Gasteiger partial charge in [0.25, 0.3) is 0 Å². The van der Waals surface area contributed by atoms with Crippen LogP contribution in [-0.2, 0) is 4.74 Å². The maximum absolute atomic E-state index is 11.6. The zero-order chi connectivity index (χ0) is 15.5. The Morgan fingerprint density at radius 3 is 2.73 bits per heavy atom. The first-order valence-electron chi connectivity index (χ1n) is 7.24. The Hall–Kier alpha value is -2.63. The summed E-state index contributed by atoms with van der Waals surface area (Å²) in [6.07, 6.45) is 1.27. The molecule has 1 aliphatic rings. The van der Waals surface area contributed by atoms with Gasteiger partial charge in [0.05, 0.1) is 12.6 Å². The van der Waals surface area contributed by atoms with Gasteiger partial charge < -0.3 is 10.1 Å². The standard InChI is InChI=1S/C16H18N4O2/c1-11-3-5-13(6-4-11)12(2)18-15-17-8-7-14(19-15)20-9-10-22-16(20)21/h3-8,12H,9-10H2,1-2H3,(H,17,18,19). The molecular formula is C16H18N4O2. The molecule has 0 radical (unpaired) electrons. The predicted molar refractivity (Wildman–Crippen MR) is 83.9 cm³/mol. The number of nitrogens with one attached hydrogen (secondary N) is 1. The highest BCUT2D eigenvalue weighted by Gasteiger charge is 2.25. The van der Waals surface area contributed by atoms with Crippen molar-refractivity contribution in [2.45, 2.75) is 19.9 Å². The molecule has 1 aromatic heterocycles. The van der Waals surface area contributed by atoms with Crippen LogP contribution in [0.25, 0.3) is 0 Å². The van der Waals surface area contributed by atoms with E-state index >= 15 is 0 Å². The first kappa shape index (κ1) is 14.3. The largest absolute Gasteiger partial charge is 0.447 e. The van der Waals surface area contributed by atoms with E-state index in [1.54, 1.807) is 12.3 Å². The quantitative estimate of drug-likeness (QED) is 0.940. The minimum Gasteiger partial charge on any atom is -0.447 e.